The van der Waals surface area contributed by atoms with Crippen molar-refractivity contribution in [2.75, 3.05) is 37.4 Å². The zero-order valence-electron chi connectivity index (χ0n) is 15.6. The molecule has 8 nitrogen and oxygen atoms in total. The topological polar surface area (TPSA) is 88.6 Å². The van der Waals surface area contributed by atoms with Gasteiger partial charge in [0.25, 0.3) is 0 Å². The largest absolute Gasteiger partial charge is 0.495 e. The molecule has 0 unspecified atom stereocenters. The summed E-state index contributed by atoms with van der Waals surface area (Å²) in [6.45, 7) is 3.57. The zero-order valence-corrected chi connectivity index (χ0v) is 15.6. The van der Waals surface area contributed by atoms with E-state index in [4.69, 9.17) is 9.47 Å². The molecule has 1 fully saturated rings. The van der Waals surface area contributed by atoms with E-state index >= 15 is 0 Å². The van der Waals surface area contributed by atoms with Crippen LogP contribution < -0.4 is 15.4 Å². The Hall–Kier alpha value is -3.03. The lowest BCUT2D eigenvalue weighted by Crippen LogP contribution is -2.42. The van der Waals surface area contributed by atoms with Gasteiger partial charge in [0.2, 0.25) is 5.95 Å². The quantitative estimate of drug-likeness (QED) is 0.806. The molecular formula is C19H25N5O3. The average molecular weight is 371 g/mol. The third-order valence-corrected chi connectivity index (χ3v) is 4.38. The standard InChI is InChI=1S/C19H25N5O3/c1-3-27-19(25)24-12-9-14(10-13-24)21-17-8-11-20-18(23-17)22-15-6-4-5-7-16(15)26-2/h4-8,11,14H,3,9-10,12-13H2,1-2H3,(H2,20,21,22,23). The molecule has 1 amide bonds. The summed E-state index contributed by atoms with van der Waals surface area (Å²) in [6.07, 6.45) is 3.16. The Kier molecular flexibility index (Phi) is 6.30. The number of amides is 1. The predicted molar refractivity (Wildman–Crippen MR) is 104 cm³/mol. The Morgan fingerprint density at radius 1 is 1.26 bits per heavy atom. The number of benzene rings is 1. The first-order valence-corrected chi connectivity index (χ1v) is 9.11. The number of carbonyl (C=O) groups is 1. The fraction of sp³-hybridized carbons (Fsp3) is 0.421. The number of likely N-dealkylation sites (tertiary alicyclic amines) is 1. The summed E-state index contributed by atoms with van der Waals surface area (Å²) in [5.74, 6) is 1.97. The number of piperidine rings is 1. The van der Waals surface area contributed by atoms with E-state index < -0.39 is 0 Å². The van der Waals surface area contributed by atoms with E-state index in [1.165, 1.54) is 0 Å². The van der Waals surface area contributed by atoms with E-state index in [0.717, 1.165) is 30.1 Å². The molecule has 27 heavy (non-hydrogen) atoms. The van der Waals surface area contributed by atoms with Crippen molar-refractivity contribution in [1.82, 2.24) is 14.9 Å². The minimum Gasteiger partial charge on any atom is -0.495 e. The number of nitrogens with one attached hydrogen (secondary N) is 2. The lowest BCUT2D eigenvalue weighted by molar-refractivity contribution is 0.0983. The van der Waals surface area contributed by atoms with Gasteiger partial charge in [0, 0.05) is 25.3 Å². The highest BCUT2D eigenvalue weighted by Gasteiger charge is 2.23. The van der Waals surface area contributed by atoms with E-state index in [2.05, 4.69) is 20.6 Å². The second kappa shape index (κ2) is 9.07. The molecular weight excluding hydrogens is 346 g/mol. The fourth-order valence-electron chi connectivity index (χ4n) is 3.00. The van der Waals surface area contributed by atoms with E-state index in [1.807, 2.05) is 37.3 Å². The number of nitrogens with zero attached hydrogens (tertiary/aromatic N) is 3. The van der Waals surface area contributed by atoms with Crippen molar-refractivity contribution in [3.05, 3.63) is 36.5 Å². The van der Waals surface area contributed by atoms with Gasteiger partial charge in [-0.05, 0) is 38.0 Å². The van der Waals surface area contributed by atoms with Crippen LogP contribution in [0.15, 0.2) is 36.5 Å². The number of rotatable bonds is 6. The molecule has 2 N–H and O–H groups in total. The van der Waals surface area contributed by atoms with Gasteiger partial charge in [-0.1, -0.05) is 12.1 Å². The van der Waals surface area contributed by atoms with E-state index in [-0.39, 0.29) is 12.1 Å². The highest BCUT2D eigenvalue weighted by molar-refractivity contribution is 5.67. The maximum absolute atomic E-state index is 11.8. The van der Waals surface area contributed by atoms with Crippen molar-refractivity contribution < 1.29 is 14.3 Å². The van der Waals surface area contributed by atoms with Crippen LogP contribution in [0.25, 0.3) is 0 Å². The van der Waals surface area contributed by atoms with Crippen molar-refractivity contribution >= 4 is 23.5 Å². The molecule has 3 rings (SSSR count). The van der Waals surface area contributed by atoms with Gasteiger partial charge in [-0.3, -0.25) is 0 Å². The molecule has 1 aromatic heterocycles. The summed E-state index contributed by atoms with van der Waals surface area (Å²) in [6, 6.07) is 9.71. The predicted octanol–water partition coefficient (Wildman–Crippen LogP) is 3.26. The van der Waals surface area contributed by atoms with Crippen LogP contribution in [-0.4, -0.2) is 53.8 Å². The van der Waals surface area contributed by atoms with Crippen LogP contribution in [-0.2, 0) is 4.74 Å². The number of hydrogen-bond donors (Lipinski definition) is 2. The van der Waals surface area contributed by atoms with Crippen molar-refractivity contribution in [2.45, 2.75) is 25.8 Å². The number of methoxy groups -OCH3 is 1. The summed E-state index contributed by atoms with van der Waals surface area (Å²) >= 11 is 0. The molecule has 0 spiro atoms. The lowest BCUT2D eigenvalue weighted by Gasteiger charge is -2.31. The van der Waals surface area contributed by atoms with Gasteiger partial charge in [-0.25, -0.2) is 9.78 Å². The highest BCUT2D eigenvalue weighted by Crippen LogP contribution is 2.26. The molecule has 8 heteroatoms. The summed E-state index contributed by atoms with van der Waals surface area (Å²) in [5, 5.41) is 6.61. The SMILES string of the molecule is CCOC(=O)N1CCC(Nc2ccnc(Nc3ccccc3OC)n2)CC1. The molecule has 1 aromatic carbocycles. The lowest BCUT2D eigenvalue weighted by atomic mass is 10.1. The van der Waals surface area contributed by atoms with Crippen molar-refractivity contribution in [3.63, 3.8) is 0 Å². The molecule has 1 saturated heterocycles. The number of hydrogen-bond acceptors (Lipinski definition) is 7. The number of anilines is 3. The summed E-state index contributed by atoms with van der Waals surface area (Å²) in [5.41, 5.74) is 0.805. The smallest absolute Gasteiger partial charge is 0.409 e. The Labute approximate surface area is 158 Å². The van der Waals surface area contributed by atoms with Gasteiger partial charge in [0.05, 0.1) is 19.4 Å². The van der Waals surface area contributed by atoms with Crippen LogP contribution in [0.4, 0.5) is 22.2 Å². The first kappa shape index (κ1) is 18.8. The van der Waals surface area contributed by atoms with Crippen molar-refractivity contribution in [3.8, 4) is 5.75 Å². The van der Waals surface area contributed by atoms with Gasteiger partial charge in [-0.2, -0.15) is 4.98 Å². The molecule has 1 aliphatic heterocycles. The maximum Gasteiger partial charge on any atom is 0.409 e. The number of para-hydroxylation sites is 2. The first-order chi connectivity index (χ1) is 13.2. The highest BCUT2D eigenvalue weighted by atomic mass is 16.6. The molecule has 0 atom stereocenters. The molecule has 2 aromatic rings. The molecule has 0 radical (unpaired) electrons. The molecule has 0 aliphatic carbocycles. The van der Waals surface area contributed by atoms with Crippen LogP contribution >= 0.6 is 0 Å². The van der Waals surface area contributed by atoms with E-state index in [9.17, 15) is 4.79 Å². The second-order valence-corrected chi connectivity index (χ2v) is 6.20. The molecule has 1 aliphatic rings. The fourth-order valence-corrected chi connectivity index (χ4v) is 3.00. The van der Waals surface area contributed by atoms with Crippen LogP contribution in [0.1, 0.15) is 19.8 Å². The van der Waals surface area contributed by atoms with Gasteiger partial charge < -0.3 is 25.0 Å². The van der Waals surface area contributed by atoms with Gasteiger partial charge >= 0.3 is 6.09 Å². The van der Waals surface area contributed by atoms with Crippen LogP contribution in [0.5, 0.6) is 5.75 Å². The molecule has 2 heterocycles. The number of carbonyl (C=O) groups excluding carboxylic acids is 1. The van der Waals surface area contributed by atoms with Crippen LogP contribution in [0, 0.1) is 0 Å². The summed E-state index contributed by atoms with van der Waals surface area (Å²) in [4.78, 5) is 22.3. The maximum atomic E-state index is 11.8. The summed E-state index contributed by atoms with van der Waals surface area (Å²) < 4.78 is 10.4. The molecule has 0 saturated carbocycles. The zero-order chi connectivity index (χ0) is 19.1. The minimum absolute atomic E-state index is 0.235. The van der Waals surface area contributed by atoms with Crippen LogP contribution in [0.3, 0.4) is 0 Å². The van der Waals surface area contributed by atoms with Gasteiger partial charge in [-0.15, -0.1) is 0 Å². The Morgan fingerprint density at radius 2 is 2.04 bits per heavy atom. The third kappa shape index (κ3) is 4.99. The Balaban J connectivity index is 1.58. The Bertz CT molecular complexity index is 763. The number of ether oxygens (including phenoxy) is 2. The Morgan fingerprint density at radius 3 is 2.78 bits per heavy atom. The minimum atomic E-state index is -0.235. The van der Waals surface area contributed by atoms with E-state index in [0.29, 0.717) is 25.6 Å². The van der Waals surface area contributed by atoms with Crippen LogP contribution in [0.2, 0.25) is 0 Å². The van der Waals surface area contributed by atoms with Gasteiger partial charge in [0.15, 0.2) is 0 Å². The second-order valence-electron chi connectivity index (χ2n) is 6.20. The van der Waals surface area contributed by atoms with Gasteiger partial charge in [0.1, 0.15) is 11.6 Å². The van der Waals surface area contributed by atoms with Crippen molar-refractivity contribution in [1.29, 1.82) is 0 Å². The van der Waals surface area contributed by atoms with Crippen molar-refractivity contribution in [2.24, 2.45) is 0 Å². The van der Waals surface area contributed by atoms with E-state index in [1.54, 1.807) is 18.2 Å². The summed E-state index contributed by atoms with van der Waals surface area (Å²) in [7, 11) is 1.63. The monoisotopic (exact) mass is 371 g/mol. The first-order valence-electron chi connectivity index (χ1n) is 9.11. The average Bonchev–Trinajstić information content (AvgIpc) is 2.69. The molecule has 144 valence electrons. The normalized spacial score (nSPS) is 14.5. The molecule has 0 bridgehead atoms. The third-order valence-electron chi connectivity index (χ3n) is 4.38. The number of aromatic nitrogens is 2.